The van der Waals surface area contributed by atoms with Gasteiger partial charge in [-0.15, -0.1) is 0 Å². The molecule has 2 aromatic heterocycles. The molecule has 0 spiro atoms. The van der Waals surface area contributed by atoms with E-state index in [1.807, 2.05) is 0 Å². The van der Waals surface area contributed by atoms with E-state index in [4.69, 9.17) is 11.6 Å². The number of halogens is 5. The van der Waals surface area contributed by atoms with Crippen LogP contribution in [0.1, 0.15) is 17.1 Å². The van der Waals surface area contributed by atoms with Crippen LogP contribution in [0.15, 0.2) is 10.5 Å². The van der Waals surface area contributed by atoms with E-state index in [1.165, 1.54) is 4.68 Å². The van der Waals surface area contributed by atoms with Crippen molar-refractivity contribution in [2.75, 3.05) is 0 Å². The van der Waals surface area contributed by atoms with Gasteiger partial charge in [0.15, 0.2) is 11.5 Å². The maximum absolute atomic E-state index is 12.7. The van der Waals surface area contributed by atoms with E-state index in [1.54, 1.807) is 13.8 Å². The monoisotopic (exact) mass is 354 g/mol. The number of hydrogen-bond donors (Lipinski definition) is 0. The maximum Gasteiger partial charge on any atom is 0.433 e. The second-order valence-electron chi connectivity index (χ2n) is 3.77. The highest BCUT2D eigenvalue weighted by Crippen LogP contribution is 2.30. The predicted molar refractivity (Wildman–Crippen MR) is 66.3 cm³/mol. The van der Waals surface area contributed by atoms with E-state index in [9.17, 15) is 13.2 Å². The van der Waals surface area contributed by atoms with Crippen molar-refractivity contribution >= 4 is 27.5 Å². The van der Waals surface area contributed by atoms with Crippen LogP contribution in [-0.2, 0) is 6.18 Å². The highest BCUT2D eigenvalue weighted by atomic mass is 79.9. The minimum atomic E-state index is -4.59. The van der Waals surface area contributed by atoms with Crippen molar-refractivity contribution in [1.29, 1.82) is 0 Å². The van der Waals surface area contributed by atoms with E-state index >= 15 is 0 Å². The Bertz CT molecular complexity index is 638. The van der Waals surface area contributed by atoms with Gasteiger partial charge in [0.2, 0.25) is 5.28 Å². The lowest BCUT2D eigenvalue weighted by Crippen LogP contribution is -2.12. The fraction of sp³-hybridized carbons (Fsp3) is 0.300. The Morgan fingerprint density at radius 3 is 2.37 bits per heavy atom. The summed E-state index contributed by atoms with van der Waals surface area (Å²) in [5.41, 5.74) is 0.160. The van der Waals surface area contributed by atoms with Gasteiger partial charge in [0.25, 0.3) is 0 Å². The quantitative estimate of drug-likeness (QED) is 0.732. The molecule has 0 aliphatic heterocycles. The Labute approximate surface area is 119 Å². The van der Waals surface area contributed by atoms with Gasteiger partial charge in [0, 0.05) is 6.07 Å². The highest BCUT2D eigenvalue weighted by Gasteiger charge is 2.34. The van der Waals surface area contributed by atoms with Gasteiger partial charge in [-0.3, -0.25) is 0 Å². The summed E-state index contributed by atoms with van der Waals surface area (Å²) in [6.45, 7) is 3.43. The zero-order chi connectivity index (χ0) is 14.4. The third kappa shape index (κ3) is 2.74. The summed E-state index contributed by atoms with van der Waals surface area (Å²) in [5, 5.41) is 3.62. The van der Waals surface area contributed by atoms with Crippen LogP contribution < -0.4 is 0 Å². The molecule has 0 unspecified atom stereocenters. The van der Waals surface area contributed by atoms with E-state index in [0.717, 1.165) is 6.07 Å². The van der Waals surface area contributed by atoms with Crippen LogP contribution in [-0.4, -0.2) is 19.7 Å². The van der Waals surface area contributed by atoms with Crippen molar-refractivity contribution in [3.05, 3.63) is 32.9 Å². The van der Waals surface area contributed by atoms with Crippen LogP contribution in [0.4, 0.5) is 13.2 Å². The number of hydrogen-bond acceptors (Lipinski definition) is 3. The Hall–Kier alpha value is -1.15. The van der Waals surface area contributed by atoms with Gasteiger partial charge in [0.05, 0.1) is 15.9 Å². The van der Waals surface area contributed by atoms with E-state index in [-0.39, 0.29) is 5.82 Å². The lowest BCUT2D eigenvalue weighted by molar-refractivity contribution is -0.141. The Kier molecular flexibility index (Phi) is 3.57. The second kappa shape index (κ2) is 4.75. The summed E-state index contributed by atoms with van der Waals surface area (Å²) in [7, 11) is 0. The molecular formula is C10H7BrClF3N4. The van der Waals surface area contributed by atoms with Gasteiger partial charge in [-0.1, -0.05) is 0 Å². The molecule has 0 atom stereocenters. The van der Waals surface area contributed by atoms with Crippen molar-refractivity contribution in [2.24, 2.45) is 0 Å². The normalized spacial score (nSPS) is 11.9. The molecule has 0 radical (unpaired) electrons. The molecular weight excluding hydrogens is 348 g/mol. The number of aryl methyl sites for hydroxylation is 1. The maximum atomic E-state index is 12.7. The summed E-state index contributed by atoms with van der Waals surface area (Å²) in [5.74, 6) is -0.0291. The minimum Gasteiger partial charge on any atom is -0.218 e. The van der Waals surface area contributed by atoms with Crippen molar-refractivity contribution in [3.8, 4) is 5.82 Å². The molecule has 0 aliphatic carbocycles. The summed E-state index contributed by atoms with van der Waals surface area (Å²) in [4.78, 5) is 6.93. The Morgan fingerprint density at radius 1 is 1.26 bits per heavy atom. The van der Waals surface area contributed by atoms with Crippen molar-refractivity contribution in [2.45, 2.75) is 20.0 Å². The molecule has 9 heteroatoms. The Morgan fingerprint density at radius 2 is 1.89 bits per heavy atom. The molecule has 0 N–H and O–H groups in total. The van der Waals surface area contributed by atoms with Crippen LogP contribution in [0.25, 0.3) is 5.82 Å². The molecule has 0 fully saturated rings. The molecule has 0 aliphatic rings. The molecule has 2 rings (SSSR count). The van der Waals surface area contributed by atoms with Gasteiger partial charge in [-0.05, 0) is 41.4 Å². The zero-order valence-electron chi connectivity index (χ0n) is 9.76. The third-order valence-electron chi connectivity index (χ3n) is 2.40. The summed E-state index contributed by atoms with van der Waals surface area (Å²) >= 11 is 8.82. The van der Waals surface area contributed by atoms with Crippen LogP contribution in [0, 0.1) is 13.8 Å². The second-order valence-corrected chi connectivity index (χ2v) is 4.91. The van der Waals surface area contributed by atoms with Crippen LogP contribution >= 0.6 is 27.5 Å². The van der Waals surface area contributed by atoms with Gasteiger partial charge in [0.1, 0.15) is 0 Å². The fourth-order valence-electron chi connectivity index (χ4n) is 1.51. The van der Waals surface area contributed by atoms with E-state index in [0.29, 0.717) is 15.9 Å². The lowest BCUT2D eigenvalue weighted by atomic mass is 10.3. The lowest BCUT2D eigenvalue weighted by Gasteiger charge is -2.09. The Balaban J connectivity index is 2.63. The van der Waals surface area contributed by atoms with Crippen LogP contribution in [0.5, 0.6) is 0 Å². The molecule has 2 aromatic rings. The van der Waals surface area contributed by atoms with Crippen molar-refractivity contribution in [1.82, 2.24) is 19.7 Å². The predicted octanol–water partition coefficient (Wildman–Crippen LogP) is 3.71. The summed E-state index contributed by atoms with van der Waals surface area (Å²) < 4.78 is 40.0. The molecule has 0 saturated heterocycles. The summed E-state index contributed by atoms with van der Waals surface area (Å²) in [6.07, 6.45) is -4.59. The largest absolute Gasteiger partial charge is 0.433 e. The van der Waals surface area contributed by atoms with E-state index in [2.05, 4.69) is 31.0 Å². The number of nitrogens with zero attached hydrogens (tertiary/aromatic N) is 4. The first-order valence-corrected chi connectivity index (χ1v) is 6.21. The smallest absolute Gasteiger partial charge is 0.218 e. The zero-order valence-corrected chi connectivity index (χ0v) is 12.1. The van der Waals surface area contributed by atoms with Crippen molar-refractivity contribution < 1.29 is 13.2 Å². The molecule has 0 amide bonds. The number of aromatic nitrogens is 4. The van der Waals surface area contributed by atoms with Gasteiger partial charge < -0.3 is 0 Å². The molecule has 2 heterocycles. The fourth-order valence-corrected chi connectivity index (χ4v) is 1.93. The van der Waals surface area contributed by atoms with Gasteiger partial charge in [-0.25, -0.2) is 9.67 Å². The first-order valence-electron chi connectivity index (χ1n) is 5.04. The topological polar surface area (TPSA) is 43.6 Å². The number of alkyl halides is 3. The molecule has 19 heavy (non-hydrogen) atoms. The average Bonchev–Trinajstić information content (AvgIpc) is 2.55. The SMILES string of the molecule is Cc1nn(-c2cc(C(F)(F)F)nc(Cl)n2)c(C)c1Br. The molecule has 0 aromatic carbocycles. The third-order valence-corrected chi connectivity index (χ3v) is 3.71. The van der Waals surface area contributed by atoms with Gasteiger partial charge >= 0.3 is 6.18 Å². The molecule has 0 saturated carbocycles. The first kappa shape index (κ1) is 14.3. The molecule has 4 nitrogen and oxygen atoms in total. The molecule has 102 valence electrons. The van der Waals surface area contributed by atoms with E-state index < -0.39 is 17.2 Å². The van der Waals surface area contributed by atoms with Crippen molar-refractivity contribution in [3.63, 3.8) is 0 Å². The average molecular weight is 356 g/mol. The van der Waals surface area contributed by atoms with Crippen LogP contribution in [0.2, 0.25) is 5.28 Å². The minimum absolute atomic E-state index is 0.0291. The summed E-state index contributed by atoms with van der Waals surface area (Å²) in [6, 6.07) is 0.803. The van der Waals surface area contributed by atoms with Crippen LogP contribution in [0.3, 0.4) is 0 Å². The number of rotatable bonds is 1. The standard InChI is InChI=1S/C10H7BrClF3N4/c1-4-8(11)5(2)19(18-4)7-3-6(10(13,14)15)16-9(12)17-7/h3H,1-2H3. The highest BCUT2D eigenvalue weighted by molar-refractivity contribution is 9.10. The molecule has 0 bridgehead atoms. The van der Waals surface area contributed by atoms with Gasteiger partial charge in [-0.2, -0.15) is 23.3 Å². The first-order chi connectivity index (χ1) is 8.70.